The number of halogens is 1. The van der Waals surface area contributed by atoms with Gasteiger partial charge in [0.25, 0.3) is 5.91 Å². The molecule has 0 spiro atoms. The van der Waals surface area contributed by atoms with Gasteiger partial charge in [0.05, 0.1) is 17.8 Å². The molecule has 0 fully saturated rings. The van der Waals surface area contributed by atoms with Crippen molar-refractivity contribution in [1.29, 1.82) is 0 Å². The third kappa shape index (κ3) is 3.18. The normalized spacial score (nSPS) is 12.6. The zero-order valence-electron chi connectivity index (χ0n) is 15.8. The van der Waals surface area contributed by atoms with Crippen LogP contribution in [0.1, 0.15) is 21.5 Å². The lowest BCUT2D eigenvalue weighted by atomic mass is 10.1. The first-order chi connectivity index (χ1) is 14.6. The van der Waals surface area contributed by atoms with Crippen LogP contribution in [0.2, 0.25) is 0 Å². The second-order valence-electron chi connectivity index (χ2n) is 7.05. The summed E-state index contributed by atoms with van der Waals surface area (Å²) in [6.07, 6.45) is 4.17. The number of primary amides is 1. The average Bonchev–Trinajstić information content (AvgIpc) is 3.15. The number of hydrogen-bond donors (Lipinski definition) is 2. The van der Waals surface area contributed by atoms with E-state index in [1.807, 2.05) is 6.07 Å². The zero-order valence-corrected chi connectivity index (χ0v) is 15.8. The van der Waals surface area contributed by atoms with E-state index in [1.54, 1.807) is 22.9 Å². The number of pyridine rings is 1. The molecule has 3 heterocycles. The average molecular weight is 400 g/mol. The fourth-order valence-corrected chi connectivity index (χ4v) is 3.53. The molecule has 2 aromatic carbocycles. The summed E-state index contributed by atoms with van der Waals surface area (Å²) in [7, 11) is 0. The van der Waals surface area contributed by atoms with Gasteiger partial charge in [0, 0.05) is 17.8 Å². The van der Waals surface area contributed by atoms with E-state index in [9.17, 15) is 9.18 Å². The molecular formula is C22H17FN6O. The smallest absolute Gasteiger partial charge is 0.251 e. The molecule has 0 unspecified atom stereocenters. The molecule has 0 saturated carbocycles. The van der Waals surface area contributed by atoms with Gasteiger partial charge < -0.3 is 11.1 Å². The fourth-order valence-electron chi connectivity index (χ4n) is 3.53. The Morgan fingerprint density at radius 1 is 1.17 bits per heavy atom. The Balaban J connectivity index is 1.50. The molecule has 0 radical (unpaired) electrons. The molecule has 0 bridgehead atoms. The number of rotatable bonds is 4. The number of nitrogens with two attached hydrogens (primary N) is 1. The highest BCUT2D eigenvalue weighted by molar-refractivity contribution is 5.93. The van der Waals surface area contributed by atoms with Crippen molar-refractivity contribution in [3.8, 4) is 11.3 Å². The SMILES string of the molecule is NC(=O)c1ccc(-c2ccc3nnn(Cc4ccc5c(c4)C=CCN5)c3n2)cc1F. The van der Waals surface area contributed by atoms with Crippen LogP contribution < -0.4 is 11.1 Å². The van der Waals surface area contributed by atoms with Gasteiger partial charge in [-0.05, 0) is 47.5 Å². The summed E-state index contributed by atoms with van der Waals surface area (Å²) in [5.74, 6) is -1.48. The third-order valence-electron chi connectivity index (χ3n) is 5.05. The van der Waals surface area contributed by atoms with E-state index < -0.39 is 11.7 Å². The van der Waals surface area contributed by atoms with Gasteiger partial charge in [0.1, 0.15) is 11.3 Å². The first-order valence-corrected chi connectivity index (χ1v) is 9.42. The number of hydrogen-bond acceptors (Lipinski definition) is 5. The molecule has 1 amide bonds. The van der Waals surface area contributed by atoms with Gasteiger partial charge in [-0.15, -0.1) is 5.10 Å². The number of carbonyl (C=O) groups is 1. The number of amides is 1. The lowest BCUT2D eigenvalue weighted by Gasteiger charge is -2.14. The molecule has 8 heteroatoms. The molecule has 7 nitrogen and oxygen atoms in total. The minimum atomic E-state index is -0.806. The summed E-state index contributed by atoms with van der Waals surface area (Å²) in [5, 5.41) is 11.7. The van der Waals surface area contributed by atoms with Gasteiger partial charge in [-0.25, -0.2) is 14.1 Å². The highest BCUT2D eigenvalue weighted by Gasteiger charge is 2.13. The Kier molecular flexibility index (Phi) is 4.24. The first-order valence-electron chi connectivity index (χ1n) is 9.42. The summed E-state index contributed by atoms with van der Waals surface area (Å²) < 4.78 is 15.9. The molecule has 148 valence electrons. The lowest BCUT2D eigenvalue weighted by molar-refractivity contribution is 0.0996. The molecule has 4 aromatic rings. The summed E-state index contributed by atoms with van der Waals surface area (Å²) in [6.45, 7) is 1.33. The number of benzene rings is 2. The molecule has 0 atom stereocenters. The molecular weight excluding hydrogens is 383 g/mol. The Morgan fingerprint density at radius 3 is 2.90 bits per heavy atom. The van der Waals surface area contributed by atoms with Gasteiger partial charge in [-0.1, -0.05) is 29.5 Å². The Bertz CT molecular complexity index is 1330. The minimum Gasteiger partial charge on any atom is -0.381 e. The van der Waals surface area contributed by atoms with Crippen LogP contribution in [-0.4, -0.2) is 32.4 Å². The van der Waals surface area contributed by atoms with Crippen LogP contribution >= 0.6 is 0 Å². The van der Waals surface area contributed by atoms with Crippen molar-refractivity contribution in [2.75, 3.05) is 11.9 Å². The van der Waals surface area contributed by atoms with Gasteiger partial charge in [0.15, 0.2) is 5.65 Å². The fraction of sp³-hybridized carbons (Fsp3) is 0.0909. The Labute approximate surface area is 171 Å². The highest BCUT2D eigenvalue weighted by atomic mass is 19.1. The van der Waals surface area contributed by atoms with Crippen molar-refractivity contribution < 1.29 is 9.18 Å². The van der Waals surface area contributed by atoms with Crippen LogP contribution in [0.5, 0.6) is 0 Å². The number of fused-ring (bicyclic) bond motifs is 2. The second kappa shape index (κ2) is 7.07. The maximum atomic E-state index is 14.2. The van der Waals surface area contributed by atoms with Crippen LogP contribution in [0.3, 0.4) is 0 Å². The maximum absolute atomic E-state index is 14.2. The second-order valence-corrected chi connectivity index (χ2v) is 7.05. The van der Waals surface area contributed by atoms with E-state index in [-0.39, 0.29) is 5.56 Å². The van der Waals surface area contributed by atoms with Gasteiger partial charge in [-0.3, -0.25) is 4.79 Å². The third-order valence-corrected chi connectivity index (χ3v) is 5.05. The van der Waals surface area contributed by atoms with Gasteiger partial charge >= 0.3 is 0 Å². The molecule has 3 N–H and O–H groups in total. The summed E-state index contributed by atoms with van der Waals surface area (Å²) in [4.78, 5) is 15.9. The first kappa shape index (κ1) is 18.0. The molecule has 5 rings (SSSR count). The number of nitrogens with one attached hydrogen (secondary N) is 1. The zero-order chi connectivity index (χ0) is 20.7. The van der Waals surface area contributed by atoms with E-state index in [0.717, 1.165) is 23.4 Å². The molecule has 1 aliphatic rings. The number of carbonyl (C=O) groups excluding carboxylic acids is 1. The number of nitrogens with zero attached hydrogens (tertiary/aromatic N) is 4. The lowest BCUT2D eigenvalue weighted by Crippen LogP contribution is -2.13. The molecule has 0 saturated heterocycles. The summed E-state index contributed by atoms with van der Waals surface area (Å²) in [5.41, 5.74) is 10.7. The summed E-state index contributed by atoms with van der Waals surface area (Å²) >= 11 is 0. The van der Waals surface area contributed by atoms with E-state index in [2.05, 4.69) is 44.9 Å². The van der Waals surface area contributed by atoms with E-state index in [0.29, 0.717) is 29.0 Å². The molecule has 0 aliphatic carbocycles. The van der Waals surface area contributed by atoms with Crippen LogP contribution in [0, 0.1) is 5.82 Å². The van der Waals surface area contributed by atoms with Crippen molar-refractivity contribution >= 4 is 28.8 Å². The molecule has 1 aliphatic heterocycles. The topological polar surface area (TPSA) is 98.7 Å². The number of aromatic nitrogens is 4. The van der Waals surface area contributed by atoms with Crippen molar-refractivity contribution in [3.63, 3.8) is 0 Å². The van der Waals surface area contributed by atoms with Crippen molar-refractivity contribution in [1.82, 2.24) is 20.0 Å². The molecule has 2 aromatic heterocycles. The van der Waals surface area contributed by atoms with E-state index in [1.165, 1.54) is 12.1 Å². The maximum Gasteiger partial charge on any atom is 0.251 e. The van der Waals surface area contributed by atoms with E-state index >= 15 is 0 Å². The minimum absolute atomic E-state index is 0.150. The van der Waals surface area contributed by atoms with Crippen molar-refractivity contribution in [2.24, 2.45) is 5.73 Å². The van der Waals surface area contributed by atoms with Crippen LogP contribution in [0.25, 0.3) is 28.5 Å². The quantitative estimate of drug-likeness (QED) is 0.548. The largest absolute Gasteiger partial charge is 0.381 e. The standard InChI is InChI=1S/C22H17FN6O/c23-17-11-15(4-5-16(17)21(24)30)19-7-8-20-22(26-19)29(28-27-20)12-13-3-6-18-14(10-13)2-1-9-25-18/h1-8,10-11,25H,9,12H2,(H2,24,30). The monoisotopic (exact) mass is 400 g/mol. The Hall–Kier alpha value is -4.07. The van der Waals surface area contributed by atoms with Crippen LogP contribution in [0.15, 0.2) is 54.6 Å². The Morgan fingerprint density at radius 2 is 2.07 bits per heavy atom. The van der Waals surface area contributed by atoms with Gasteiger partial charge in [-0.2, -0.15) is 0 Å². The molecule has 30 heavy (non-hydrogen) atoms. The number of anilines is 1. The van der Waals surface area contributed by atoms with Crippen molar-refractivity contribution in [2.45, 2.75) is 6.54 Å². The summed E-state index contributed by atoms with van der Waals surface area (Å²) in [6, 6.07) is 14.0. The predicted molar refractivity (Wildman–Crippen MR) is 112 cm³/mol. The van der Waals surface area contributed by atoms with Gasteiger partial charge in [0.2, 0.25) is 0 Å². The predicted octanol–water partition coefficient (Wildman–Crippen LogP) is 3.22. The van der Waals surface area contributed by atoms with E-state index in [4.69, 9.17) is 5.73 Å². The van der Waals surface area contributed by atoms with Crippen molar-refractivity contribution in [3.05, 3.63) is 77.1 Å². The van der Waals surface area contributed by atoms with Crippen LogP contribution in [0.4, 0.5) is 10.1 Å². The highest BCUT2D eigenvalue weighted by Crippen LogP contribution is 2.25. The van der Waals surface area contributed by atoms with Crippen LogP contribution in [-0.2, 0) is 6.54 Å².